The first-order chi connectivity index (χ1) is 10.1. The molecule has 2 rings (SSSR count). The Hall–Kier alpha value is -2.15. The van der Waals surface area contributed by atoms with E-state index in [2.05, 4.69) is 5.32 Å². The van der Waals surface area contributed by atoms with Crippen molar-refractivity contribution in [2.45, 2.75) is 24.4 Å². The molecular weight excluding hydrogens is 276 g/mol. The van der Waals surface area contributed by atoms with Crippen molar-refractivity contribution in [3.63, 3.8) is 0 Å². The number of nitrogens with zero attached hydrogens (tertiary/aromatic N) is 1. The molecule has 0 aromatic heterocycles. The van der Waals surface area contributed by atoms with E-state index < -0.39 is 6.04 Å². The minimum atomic E-state index is -0.765. The molecule has 1 aromatic rings. The summed E-state index contributed by atoms with van der Waals surface area (Å²) in [6.45, 7) is 0.176. The highest BCUT2D eigenvalue weighted by atomic mass is 16.6. The molecule has 1 saturated heterocycles. The Morgan fingerprint density at radius 2 is 2.05 bits per heavy atom. The zero-order chi connectivity index (χ0) is 15.4. The van der Waals surface area contributed by atoms with Crippen LogP contribution in [0.1, 0.15) is 17.9 Å². The number of rotatable bonds is 5. The quantitative estimate of drug-likeness (QED) is 0.495. The fraction of sp³-hybridized carbons (Fsp3) is 0.500. The lowest BCUT2D eigenvalue weighted by molar-refractivity contribution is -0.526. The molecule has 114 valence electrons. The number of benzene rings is 1. The minimum Gasteiger partial charge on any atom is -0.493 e. The second-order valence-corrected chi connectivity index (χ2v) is 4.96. The van der Waals surface area contributed by atoms with Gasteiger partial charge < -0.3 is 19.6 Å². The van der Waals surface area contributed by atoms with Crippen LogP contribution in [0.2, 0.25) is 0 Å². The summed E-state index contributed by atoms with van der Waals surface area (Å²) in [5.41, 5.74) is 0.780. The molecule has 1 aliphatic rings. The van der Waals surface area contributed by atoms with Crippen LogP contribution < -0.4 is 14.8 Å². The van der Waals surface area contributed by atoms with Crippen molar-refractivity contribution >= 4 is 6.29 Å². The van der Waals surface area contributed by atoms with E-state index >= 15 is 0 Å². The van der Waals surface area contributed by atoms with Gasteiger partial charge in [0, 0.05) is 4.92 Å². The number of hydrogen-bond donors (Lipinski definition) is 1. The Balaban J connectivity index is 2.35. The van der Waals surface area contributed by atoms with Crippen LogP contribution in [0.4, 0.5) is 0 Å². The Morgan fingerprint density at radius 3 is 2.62 bits per heavy atom. The van der Waals surface area contributed by atoms with Crippen LogP contribution in [0.15, 0.2) is 18.2 Å². The molecule has 0 spiro atoms. The Kier molecular flexibility index (Phi) is 4.74. The van der Waals surface area contributed by atoms with Gasteiger partial charge in [-0.2, -0.15) is 0 Å². The second kappa shape index (κ2) is 6.53. The van der Waals surface area contributed by atoms with E-state index in [0.717, 1.165) is 11.8 Å². The lowest BCUT2D eigenvalue weighted by Gasteiger charge is -2.30. The van der Waals surface area contributed by atoms with Gasteiger partial charge in [0.15, 0.2) is 11.5 Å². The number of ether oxygens (including phenoxy) is 2. The van der Waals surface area contributed by atoms with E-state index in [1.165, 1.54) is 14.2 Å². The molecule has 1 fully saturated rings. The molecule has 7 nitrogen and oxygen atoms in total. The number of hydrogen-bond acceptors (Lipinski definition) is 6. The molecule has 0 bridgehead atoms. The highest BCUT2D eigenvalue weighted by Crippen LogP contribution is 2.35. The highest BCUT2D eigenvalue weighted by Gasteiger charge is 2.39. The number of carbonyl (C=O) groups excluding carboxylic acids is 1. The minimum absolute atomic E-state index is 0.176. The van der Waals surface area contributed by atoms with Crippen molar-refractivity contribution in [3.05, 3.63) is 33.9 Å². The van der Waals surface area contributed by atoms with Crippen molar-refractivity contribution in [2.75, 3.05) is 20.8 Å². The van der Waals surface area contributed by atoms with Gasteiger partial charge in [-0.05, 0) is 24.1 Å². The van der Waals surface area contributed by atoms with E-state index in [1.807, 2.05) is 0 Å². The summed E-state index contributed by atoms with van der Waals surface area (Å²) in [6, 6.07) is 4.13. The normalized spacial score (nSPS) is 25.1. The highest BCUT2D eigenvalue weighted by molar-refractivity contribution is 5.58. The molecule has 0 radical (unpaired) electrons. The number of nitrogens with one attached hydrogen (secondary N) is 1. The van der Waals surface area contributed by atoms with Gasteiger partial charge in [0.2, 0.25) is 6.04 Å². The number of methoxy groups -OCH3 is 2. The maximum absolute atomic E-state index is 11.2. The van der Waals surface area contributed by atoms with Gasteiger partial charge in [0.05, 0.1) is 32.7 Å². The number of carbonyl (C=O) groups is 1. The lowest BCUT2D eigenvalue weighted by atomic mass is 9.83. The third-order valence-corrected chi connectivity index (χ3v) is 3.83. The number of aldehydes is 1. The van der Waals surface area contributed by atoms with E-state index in [9.17, 15) is 14.9 Å². The first-order valence-electron chi connectivity index (χ1n) is 6.64. The first kappa shape index (κ1) is 15.2. The Labute approximate surface area is 122 Å². The van der Waals surface area contributed by atoms with Gasteiger partial charge in [-0.25, -0.2) is 0 Å². The summed E-state index contributed by atoms with van der Waals surface area (Å²) in [5, 5.41) is 14.1. The third-order valence-electron chi connectivity index (χ3n) is 3.83. The van der Waals surface area contributed by atoms with E-state index in [-0.39, 0.29) is 23.4 Å². The largest absolute Gasteiger partial charge is 0.493 e. The fourth-order valence-corrected chi connectivity index (χ4v) is 2.70. The lowest BCUT2D eigenvalue weighted by Crippen LogP contribution is -2.49. The first-order valence-corrected chi connectivity index (χ1v) is 6.64. The van der Waals surface area contributed by atoms with Gasteiger partial charge in [-0.15, -0.1) is 0 Å². The average Bonchev–Trinajstić information content (AvgIpc) is 2.53. The van der Waals surface area contributed by atoms with Gasteiger partial charge in [-0.3, -0.25) is 10.1 Å². The predicted octanol–water partition coefficient (Wildman–Crippen LogP) is 0.993. The van der Waals surface area contributed by atoms with Crippen molar-refractivity contribution in [2.24, 2.45) is 0 Å². The van der Waals surface area contributed by atoms with Crippen LogP contribution in [-0.2, 0) is 4.79 Å². The molecule has 3 unspecified atom stereocenters. The summed E-state index contributed by atoms with van der Waals surface area (Å²) in [7, 11) is 3.05. The molecule has 3 atom stereocenters. The molecule has 1 N–H and O–H groups in total. The van der Waals surface area contributed by atoms with Crippen LogP contribution in [0, 0.1) is 10.1 Å². The predicted molar refractivity (Wildman–Crippen MR) is 75.5 cm³/mol. The third kappa shape index (κ3) is 3.13. The van der Waals surface area contributed by atoms with E-state index in [1.54, 1.807) is 18.2 Å². The molecule has 0 saturated carbocycles. The van der Waals surface area contributed by atoms with Gasteiger partial charge in [0.1, 0.15) is 6.29 Å². The smallest absolute Gasteiger partial charge is 0.232 e. The topological polar surface area (TPSA) is 90.7 Å². The molecule has 1 aromatic carbocycles. The summed E-state index contributed by atoms with van der Waals surface area (Å²) in [5.74, 6) is 0.759. The fourth-order valence-electron chi connectivity index (χ4n) is 2.70. The molecule has 0 aliphatic carbocycles. The van der Waals surface area contributed by atoms with Crippen LogP contribution >= 0.6 is 0 Å². The maximum atomic E-state index is 11.2. The molecular formula is C14H18N2O5. The molecule has 0 amide bonds. The number of nitro groups is 1. The maximum Gasteiger partial charge on any atom is 0.232 e. The number of piperidine rings is 1. The summed E-state index contributed by atoms with van der Waals surface area (Å²) in [6.07, 6.45) is 1.19. The van der Waals surface area contributed by atoms with Gasteiger partial charge in [0.25, 0.3) is 0 Å². The second-order valence-electron chi connectivity index (χ2n) is 4.96. The van der Waals surface area contributed by atoms with Crippen LogP contribution in [0.5, 0.6) is 11.5 Å². The van der Waals surface area contributed by atoms with Gasteiger partial charge >= 0.3 is 0 Å². The van der Waals surface area contributed by atoms with E-state index in [4.69, 9.17) is 9.47 Å². The Bertz CT molecular complexity index is 534. The molecule has 21 heavy (non-hydrogen) atoms. The average molecular weight is 294 g/mol. The SMILES string of the molecule is COc1ccc(C2CC(C=O)NCC2[N+](=O)[O-])cc1OC. The van der Waals surface area contributed by atoms with Crippen molar-refractivity contribution in [1.29, 1.82) is 0 Å². The van der Waals surface area contributed by atoms with Gasteiger partial charge in [-0.1, -0.05) is 6.07 Å². The van der Waals surface area contributed by atoms with Crippen molar-refractivity contribution in [1.82, 2.24) is 5.32 Å². The van der Waals surface area contributed by atoms with Crippen LogP contribution in [0.3, 0.4) is 0 Å². The zero-order valence-corrected chi connectivity index (χ0v) is 11.9. The Morgan fingerprint density at radius 1 is 1.33 bits per heavy atom. The molecule has 1 heterocycles. The van der Waals surface area contributed by atoms with Crippen molar-refractivity contribution in [3.8, 4) is 11.5 Å². The monoisotopic (exact) mass is 294 g/mol. The molecule has 7 heteroatoms. The zero-order valence-electron chi connectivity index (χ0n) is 11.9. The summed E-state index contributed by atoms with van der Waals surface area (Å²) < 4.78 is 10.4. The van der Waals surface area contributed by atoms with Crippen LogP contribution in [-0.4, -0.2) is 44.1 Å². The van der Waals surface area contributed by atoms with Crippen molar-refractivity contribution < 1.29 is 19.2 Å². The summed E-state index contributed by atoms with van der Waals surface area (Å²) >= 11 is 0. The molecule has 1 aliphatic heterocycles. The van der Waals surface area contributed by atoms with Crippen LogP contribution in [0.25, 0.3) is 0 Å². The van der Waals surface area contributed by atoms with E-state index in [0.29, 0.717) is 17.9 Å². The summed E-state index contributed by atoms with van der Waals surface area (Å²) in [4.78, 5) is 21.9. The standard InChI is InChI=1S/C14H18N2O5/c1-20-13-4-3-9(5-14(13)21-2)11-6-10(8-17)15-7-12(11)16(18)19/h3-5,8,10-12,15H,6-7H2,1-2H3.